The molecule has 4 nitrogen and oxygen atoms in total. The number of hydrogen-bond acceptors (Lipinski definition) is 3. The van der Waals surface area contributed by atoms with E-state index < -0.39 is 0 Å². The minimum Gasteiger partial charge on any atom is -0.325 e. The summed E-state index contributed by atoms with van der Waals surface area (Å²) < 4.78 is 0. The molecule has 1 aromatic rings. The van der Waals surface area contributed by atoms with Crippen LogP contribution in [0.4, 0.5) is 0 Å². The van der Waals surface area contributed by atoms with Crippen LogP contribution in [0.2, 0.25) is 0 Å². The maximum absolute atomic E-state index is 12.0. The third kappa shape index (κ3) is 2.02. The number of benzene rings is 1. The molecule has 2 aliphatic rings. The second-order valence-electron chi connectivity index (χ2n) is 4.92. The molecule has 1 saturated carbocycles. The molecule has 0 spiro atoms. The normalized spacial score (nSPS) is 19.5. The number of carbonyl (C=O) groups excluding carboxylic acids is 2. The Morgan fingerprint density at radius 3 is 2.06 bits per heavy atom. The summed E-state index contributed by atoms with van der Waals surface area (Å²) in [4.78, 5) is 25.3. The summed E-state index contributed by atoms with van der Waals surface area (Å²) in [6.07, 6.45) is 2.70. The van der Waals surface area contributed by atoms with E-state index in [1.807, 2.05) is 0 Å². The van der Waals surface area contributed by atoms with E-state index in [4.69, 9.17) is 5.73 Å². The van der Waals surface area contributed by atoms with Crippen molar-refractivity contribution < 1.29 is 9.59 Å². The van der Waals surface area contributed by atoms with Gasteiger partial charge < -0.3 is 5.73 Å². The van der Waals surface area contributed by atoms with Crippen molar-refractivity contribution in [2.75, 3.05) is 6.54 Å². The summed E-state index contributed by atoms with van der Waals surface area (Å²) in [5.74, 6) is -0.371. The minimum atomic E-state index is -0.185. The zero-order chi connectivity index (χ0) is 12.0. The van der Waals surface area contributed by atoms with Gasteiger partial charge in [-0.15, -0.1) is 12.4 Å². The first kappa shape index (κ1) is 13.1. The predicted molar refractivity (Wildman–Crippen MR) is 69.8 cm³/mol. The smallest absolute Gasteiger partial charge is 0.261 e. The summed E-state index contributed by atoms with van der Waals surface area (Å²) in [5.41, 5.74) is 6.87. The number of halogens is 1. The lowest BCUT2D eigenvalue weighted by molar-refractivity contribution is 0.0649. The Morgan fingerprint density at radius 1 is 1.11 bits per heavy atom. The highest BCUT2D eigenvalue weighted by molar-refractivity contribution is 6.21. The van der Waals surface area contributed by atoms with Gasteiger partial charge in [0.25, 0.3) is 11.8 Å². The molecule has 0 unspecified atom stereocenters. The summed E-state index contributed by atoms with van der Waals surface area (Å²) in [6, 6.07) is 6.95. The van der Waals surface area contributed by atoms with Gasteiger partial charge in [0, 0.05) is 12.1 Å². The zero-order valence-corrected chi connectivity index (χ0v) is 10.7. The van der Waals surface area contributed by atoms with Gasteiger partial charge in [-0.1, -0.05) is 12.1 Å². The lowest BCUT2D eigenvalue weighted by Crippen LogP contribution is -2.35. The molecule has 0 radical (unpaired) electrons. The molecule has 1 heterocycles. The summed E-state index contributed by atoms with van der Waals surface area (Å²) in [7, 11) is 0. The van der Waals surface area contributed by atoms with Gasteiger partial charge >= 0.3 is 0 Å². The third-order valence-electron chi connectivity index (χ3n) is 3.60. The number of carbonyl (C=O) groups is 2. The van der Waals surface area contributed by atoms with Crippen molar-refractivity contribution in [1.29, 1.82) is 0 Å². The molecule has 5 heteroatoms. The van der Waals surface area contributed by atoms with Crippen LogP contribution in [0, 0.1) is 0 Å². The average Bonchev–Trinajstić information content (AvgIpc) is 3.01. The van der Waals surface area contributed by atoms with Gasteiger partial charge in [0.1, 0.15) is 0 Å². The molecule has 0 aromatic heterocycles. The number of rotatable bonds is 3. The number of hydrogen-bond donors (Lipinski definition) is 1. The molecule has 18 heavy (non-hydrogen) atoms. The molecule has 1 aliphatic carbocycles. The van der Waals surface area contributed by atoms with Crippen LogP contribution in [-0.2, 0) is 0 Å². The molecule has 0 saturated heterocycles. The third-order valence-corrected chi connectivity index (χ3v) is 3.60. The molecule has 2 N–H and O–H groups in total. The Bertz CT molecular complexity index is 476. The molecule has 3 rings (SSSR count). The Labute approximate surface area is 112 Å². The number of nitrogens with zero attached hydrogens (tertiary/aromatic N) is 1. The first-order chi connectivity index (χ1) is 8.11. The number of nitrogens with two attached hydrogens (primary N) is 1. The van der Waals surface area contributed by atoms with E-state index in [-0.39, 0.29) is 29.8 Å². The standard InChI is InChI=1S/C13H14N2O2.ClH/c14-13(5-6-13)7-8-15-11(16)9-3-1-2-4-10(9)12(15)17;/h1-4H,5-8,14H2;1H. The van der Waals surface area contributed by atoms with Crippen LogP contribution >= 0.6 is 12.4 Å². The Morgan fingerprint density at radius 2 is 1.61 bits per heavy atom. The van der Waals surface area contributed by atoms with Crippen molar-refractivity contribution in [2.45, 2.75) is 24.8 Å². The van der Waals surface area contributed by atoms with Crippen molar-refractivity contribution in [3.8, 4) is 0 Å². The largest absolute Gasteiger partial charge is 0.325 e. The van der Waals surface area contributed by atoms with Crippen LogP contribution in [0.1, 0.15) is 40.0 Å². The summed E-state index contributed by atoms with van der Waals surface area (Å²) >= 11 is 0. The highest BCUT2D eigenvalue weighted by Gasteiger charge is 2.41. The molecule has 1 aliphatic heterocycles. The Balaban J connectivity index is 0.00000120. The monoisotopic (exact) mass is 266 g/mol. The lowest BCUT2D eigenvalue weighted by Gasteiger charge is -2.16. The number of amides is 2. The van der Waals surface area contributed by atoms with Gasteiger partial charge in [0.15, 0.2) is 0 Å². The van der Waals surface area contributed by atoms with Crippen LogP contribution < -0.4 is 5.73 Å². The fourth-order valence-corrected chi connectivity index (χ4v) is 2.19. The SMILES string of the molecule is Cl.NC1(CCN2C(=O)c3ccccc3C2=O)CC1. The molecule has 0 atom stereocenters. The quantitative estimate of drug-likeness (QED) is 0.845. The second kappa shape index (κ2) is 4.37. The highest BCUT2D eigenvalue weighted by atomic mass is 35.5. The minimum absolute atomic E-state index is 0. The lowest BCUT2D eigenvalue weighted by atomic mass is 10.1. The molecular weight excluding hydrogens is 252 g/mol. The van der Waals surface area contributed by atoms with Crippen LogP contribution in [0.15, 0.2) is 24.3 Å². The van der Waals surface area contributed by atoms with Gasteiger partial charge in [-0.05, 0) is 31.4 Å². The molecule has 1 aromatic carbocycles. The van der Waals surface area contributed by atoms with Crippen LogP contribution in [0.25, 0.3) is 0 Å². The first-order valence-corrected chi connectivity index (χ1v) is 5.85. The van der Waals surface area contributed by atoms with Gasteiger partial charge in [-0.3, -0.25) is 14.5 Å². The van der Waals surface area contributed by atoms with Crippen molar-refractivity contribution in [2.24, 2.45) is 5.73 Å². The van der Waals surface area contributed by atoms with E-state index in [2.05, 4.69) is 0 Å². The molecule has 1 fully saturated rings. The van der Waals surface area contributed by atoms with Gasteiger partial charge in [0.2, 0.25) is 0 Å². The number of imide groups is 1. The second-order valence-corrected chi connectivity index (χ2v) is 4.92. The van der Waals surface area contributed by atoms with Crippen LogP contribution in [0.3, 0.4) is 0 Å². The first-order valence-electron chi connectivity index (χ1n) is 5.85. The van der Waals surface area contributed by atoms with E-state index in [0.29, 0.717) is 24.1 Å². The average molecular weight is 267 g/mol. The summed E-state index contributed by atoms with van der Waals surface area (Å²) in [5, 5.41) is 0. The predicted octanol–water partition coefficient (Wildman–Crippen LogP) is 1.59. The van der Waals surface area contributed by atoms with E-state index in [1.165, 1.54) is 4.90 Å². The molecule has 0 bridgehead atoms. The van der Waals surface area contributed by atoms with Gasteiger partial charge in [0.05, 0.1) is 11.1 Å². The van der Waals surface area contributed by atoms with Gasteiger partial charge in [-0.25, -0.2) is 0 Å². The van der Waals surface area contributed by atoms with E-state index in [1.54, 1.807) is 24.3 Å². The fraction of sp³-hybridized carbons (Fsp3) is 0.385. The van der Waals surface area contributed by atoms with Gasteiger partial charge in [-0.2, -0.15) is 0 Å². The topological polar surface area (TPSA) is 63.4 Å². The van der Waals surface area contributed by atoms with E-state index >= 15 is 0 Å². The Hall–Kier alpha value is -1.39. The summed E-state index contributed by atoms with van der Waals surface area (Å²) in [6.45, 7) is 0.433. The number of fused-ring (bicyclic) bond motifs is 1. The highest BCUT2D eigenvalue weighted by Crippen LogP contribution is 2.36. The van der Waals surface area contributed by atoms with Crippen molar-refractivity contribution >= 4 is 24.2 Å². The molecule has 2 amide bonds. The maximum atomic E-state index is 12.0. The molecular formula is C13H15ClN2O2. The van der Waals surface area contributed by atoms with Crippen LogP contribution in [0.5, 0.6) is 0 Å². The van der Waals surface area contributed by atoms with E-state index in [9.17, 15) is 9.59 Å². The maximum Gasteiger partial charge on any atom is 0.261 e. The van der Waals surface area contributed by atoms with Crippen molar-refractivity contribution in [1.82, 2.24) is 4.90 Å². The van der Waals surface area contributed by atoms with Crippen molar-refractivity contribution in [3.63, 3.8) is 0 Å². The van der Waals surface area contributed by atoms with Crippen LogP contribution in [-0.4, -0.2) is 28.8 Å². The van der Waals surface area contributed by atoms with E-state index in [0.717, 1.165) is 12.8 Å². The zero-order valence-electron chi connectivity index (χ0n) is 9.89. The molecule has 96 valence electrons. The van der Waals surface area contributed by atoms with Crippen molar-refractivity contribution in [3.05, 3.63) is 35.4 Å². The fourth-order valence-electron chi connectivity index (χ4n) is 2.19. The Kier molecular flexibility index (Phi) is 3.17.